The van der Waals surface area contributed by atoms with Gasteiger partial charge in [0.15, 0.2) is 0 Å². The van der Waals surface area contributed by atoms with Crippen LogP contribution in [0.3, 0.4) is 0 Å². The number of anilines is 1. The first-order valence-corrected chi connectivity index (χ1v) is 6.95. The SMILES string of the molecule is CCCNCc1ccc(N(CC)CCO)c(Cl)c1. The lowest BCUT2D eigenvalue weighted by Crippen LogP contribution is -2.26. The molecule has 0 spiro atoms. The van der Waals surface area contributed by atoms with Gasteiger partial charge < -0.3 is 15.3 Å². The maximum Gasteiger partial charge on any atom is 0.0642 e. The van der Waals surface area contributed by atoms with Crippen molar-refractivity contribution in [2.45, 2.75) is 26.8 Å². The number of hydrogen-bond donors (Lipinski definition) is 2. The van der Waals surface area contributed by atoms with Crippen LogP contribution in [0, 0.1) is 0 Å². The molecular formula is C14H23ClN2O. The van der Waals surface area contributed by atoms with E-state index in [0.29, 0.717) is 6.54 Å². The Morgan fingerprint density at radius 1 is 1.33 bits per heavy atom. The monoisotopic (exact) mass is 270 g/mol. The average molecular weight is 271 g/mol. The Balaban J connectivity index is 2.71. The second-order valence-electron chi connectivity index (χ2n) is 4.27. The Bertz CT molecular complexity index is 358. The topological polar surface area (TPSA) is 35.5 Å². The Morgan fingerprint density at radius 2 is 2.11 bits per heavy atom. The summed E-state index contributed by atoms with van der Waals surface area (Å²) in [7, 11) is 0. The molecule has 0 unspecified atom stereocenters. The van der Waals surface area contributed by atoms with E-state index < -0.39 is 0 Å². The highest BCUT2D eigenvalue weighted by atomic mass is 35.5. The van der Waals surface area contributed by atoms with Gasteiger partial charge in [-0.1, -0.05) is 24.6 Å². The summed E-state index contributed by atoms with van der Waals surface area (Å²) < 4.78 is 0. The van der Waals surface area contributed by atoms with E-state index >= 15 is 0 Å². The summed E-state index contributed by atoms with van der Waals surface area (Å²) in [5, 5.41) is 13.1. The number of nitrogens with one attached hydrogen (secondary N) is 1. The zero-order valence-electron chi connectivity index (χ0n) is 11.2. The van der Waals surface area contributed by atoms with Gasteiger partial charge in [0.2, 0.25) is 0 Å². The number of aliphatic hydroxyl groups is 1. The third-order valence-electron chi connectivity index (χ3n) is 2.86. The van der Waals surface area contributed by atoms with Gasteiger partial charge in [0, 0.05) is 19.6 Å². The average Bonchev–Trinajstić information content (AvgIpc) is 2.37. The zero-order chi connectivity index (χ0) is 13.4. The lowest BCUT2D eigenvalue weighted by molar-refractivity contribution is 0.302. The van der Waals surface area contributed by atoms with E-state index in [1.54, 1.807) is 0 Å². The largest absolute Gasteiger partial charge is 0.395 e. The van der Waals surface area contributed by atoms with Crippen LogP contribution in [0.2, 0.25) is 5.02 Å². The van der Waals surface area contributed by atoms with Gasteiger partial charge in [-0.2, -0.15) is 0 Å². The van der Waals surface area contributed by atoms with E-state index in [1.165, 1.54) is 5.56 Å². The van der Waals surface area contributed by atoms with Crippen LogP contribution in [0.15, 0.2) is 18.2 Å². The fourth-order valence-electron chi connectivity index (χ4n) is 1.90. The molecular weight excluding hydrogens is 248 g/mol. The van der Waals surface area contributed by atoms with Gasteiger partial charge in [-0.3, -0.25) is 0 Å². The molecule has 0 atom stereocenters. The second kappa shape index (κ2) is 8.35. The van der Waals surface area contributed by atoms with Gasteiger partial charge in [-0.25, -0.2) is 0 Å². The molecule has 1 rings (SSSR count). The van der Waals surface area contributed by atoms with Crippen molar-refractivity contribution in [3.8, 4) is 0 Å². The van der Waals surface area contributed by atoms with Crippen molar-refractivity contribution in [2.24, 2.45) is 0 Å². The molecule has 0 aromatic heterocycles. The van der Waals surface area contributed by atoms with E-state index in [4.69, 9.17) is 16.7 Å². The van der Waals surface area contributed by atoms with Crippen LogP contribution in [-0.2, 0) is 6.54 Å². The lowest BCUT2D eigenvalue weighted by Gasteiger charge is -2.23. The van der Waals surface area contributed by atoms with Crippen molar-refractivity contribution in [2.75, 3.05) is 31.1 Å². The lowest BCUT2D eigenvalue weighted by atomic mass is 10.2. The minimum Gasteiger partial charge on any atom is -0.395 e. The normalized spacial score (nSPS) is 10.7. The predicted octanol–water partition coefficient (Wildman–Crippen LogP) is 2.66. The molecule has 0 heterocycles. The van der Waals surface area contributed by atoms with Crippen molar-refractivity contribution in [1.82, 2.24) is 5.32 Å². The fourth-order valence-corrected chi connectivity index (χ4v) is 2.22. The standard InChI is InChI=1S/C14H23ClN2O/c1-3-7-16-11-12-5-6-14(13(15)10-12)17(4-2)8-9-18/h5-6,10,16,18H,3-4,7-9,11H2,1-2H3. The summed E-state index contributed by atoms with van der Waals surface area (Å²) in [6, 6.07) is 6.12. The fraction of sp³-hybridized carbons (Fsp3) is 0.571. The van der Waals surface area contributed by atoms with Gasteiger partial charge in [0.05, 0.1) is 17.3 Å². The van der Waals surface area contributed by atoms with E-state index in [-0.39, 0.29) is 6.61 Å². The van der Waals surface area contributed by atoms with Crippen molar-refractivity contribution in [3.63, 3.8) is 0 Å². The van der Waals surface area contributed by atoms with Crippen LogP contribution in [0.4, 0.5) is 5.69 Å². The molecule has 0 amide bonds. The molecule has 0 aliphatic carbocycles. The summed E-state index contributed by atoms with van der Waals surface area (Å²) in [5.74, 6) is 0. The zero-order valence-corrected chi connectivity index (χ0v) is 12.0. The third-order valence-corrected chi connectivity index (χ3v) is 3.16. The van der Waals surface area contributed by atoms with E-state index in [2.05, 4.69) is 30.1 Å². The van der Waals surface area contributed by atoms with Gasteiger partial charge in [0.1, 0.15) is 0 Å². The highest BCUT2D eigenvalue weighted by Gasteiger charge is 2.08. The molecule has 0 aliphatic rings. The number of hydrogen-bond acceptors (Lipinski definition) is 3. The minimum atomic E-state index is 0.143. The summed E-state index contributed by atoms with van der Waals surface area (Å²) in [5.41, 5.74) is 2.18. The van der Waals surface area contributed by atoms with Crippen LogP contribution in [0.25, 0.3) is 0 Å². The van der Waals surface area contributed by atoms with Gasteiger partial charge in [-0.05, 0) is 37.6 Å². The molecule has 2 N–H and O–H groups in total. The van der Waals surface area contributed by atoms with Crippen LogP contribution >= 0.6 is 11.6 Å². The number of benzene rings is 1. The maximum absolute atomic E-state index is 9.02. The minimum absolute atomic E-state index is 0.143. The summed E-state index contributed by atoms with van der Waals surface area (Å²) in [6.07, 6.45) is 1.13. The highest BCUT2D eigenvalue weighted by Crippen LogP contribution is 2.26. The van der Waals surface area contributed by atoms with Crippen molar-refractivity contribution >= 4 is 17.3 Å². The molecule has 0 bridgehead atoms. The van der Waals surface area contributed by atoms with Crippen LogP contribution in [0.5, 0.6) is 0 Å². The summed E-state index contributed by atoms with van der Waals surface area (Å²) >= 11 is 6.30. The molecule has 18 heavy (non-hydrogen) atoms. The first kappa shape index (κ1) is 15.3. The molecule has 0 saturated heterocycles. The van der Waals surface area contributed by atoms with Crippen LogP contribution in [0.1, 0.15) is 25.8 Å². The number of likely N-dealkylation sites (N-methyl/N-ethyl adjacent to an activating group) is 1. The Morgan fingerprint density at radius 3 is 2.67 bits per heavy atom. The highest BCUT2D eigenvalue weighted by molar-refractivity contribution is 6.33. The number of rotatable bonds is 8. The van der Waals surface area contributed by atoms with Crippen molar-refractivity contribution in [1.29, 1.82) is 0 Å². The van der Waals surface area contributed by atoms with E-state index in [1.807, 2.05) is 12.1 Å². The third kappa shape index (κ3) is 4.48. The molecule has 0 aliphatic heterocycles. The molecule has 1 aromatic carbocycles. The predicted molar refractivity (Wildman–Crippen MR) is 78.4 cm³/mol. The molecule has 0 saturated carbocycles. The Hall–Kier alpha value is -0.770. The molecule has 0 radical (unpaired) electrons. The maximum atomic E-state index is 9.02. The molecule has 0 fully saturated rings. The Labute approximate surface area is 115 Å². The van der Waals surface area contributed by atoms with Crippen molar-refractivity contribution in [3.05, 3.63) is 28.8 Å². The van der Waals surface area contributed by atoms with E-state index in [9.17, 15) is 0 Å². The first-order valence-electron chi connectivity index (χ1n) is 6.57. The number of nitrogens with zero attached hydrogens (tertiary/aromatic N) is 1. The number of halogens is 1. The molecule has 4 heteroatoms. The Kier molecular flexibility index (Phi) is 7.09. The van der Waals surface area contributed by atoms with Gasteiger partial charge in [-0.15, -0.1) is 0 Å². The van der Waals surface area contributed by atoms with Crippen molar-refractivity contribution < 1.29 is 5.11 Å². The summed E-state index contributed by atoms with van der Waals surface area (Å²) in [6.45, 7) is 7.67. The van der Waals surface area contributed by atoms with E-state index in [0.717, 1.165) is 36.8 Å². The van der Waals surface area contributed by atoms with Crippen LogP contribution < -0.4 is 10.2 Å². The second-order valence-corrected chi connectivity index (χ2v) is 4.67. The quantitative estimate of drug-likeness (QED) is 0.713. The first-order chi connectivity index (χ1) is 8.72. The molecule has 1 aromatic rings. The number of aliphatic hydroxyl groups excluding tert-OH is 1. The van der Waals surface area contributed by atoms with Crippen LogP contribution in [-0.4, -0.2) is 31.3 Å². The molecule has 102 valence electrons. The summed E-state index contributed by atoms with van der Waals surface area (Å²) in [4.78, 5) is 2.07. The molecule has 3 nitrogen and oxygen atoms in total. The van der Waals surface area contributed by atoms with Gasteiger partial charge in [0.25, 0.3) is 0 Å². The smallest absolute Gasteiger partial charge is 0.0642 e. The van der Waals surface area contributed by atoms with Gasteiger partial charge >= 0.3 is 0 Å².